The van der Waals surface area contributed by atoms with Crippen LogP contribution in [0.4, 0.5) is 4.39 Å². The molecule has 1 N–H and O–H groups in total. The zero-order valence-electron chi connectivity index (χ0n) is 11.9. The molecule has 20 heavy (non-hydrogen) atoms. The Morgan fingerprint density at radius 3 is 2.65 bits per heavy atom. The fourth-order valence-electron chi connectivity index (χ4n) is 2.73. The molecule has 2 rings (SSSR count). The van der Waals surface area contributed by atoms with Crippen LogP contribution in [0.1, 0.15) is 37.8 Å². The van der Waals surface area contributed by atoms with Gasteiger partial charge in [-0.25, -0.2) is 4.39 Å². The van der Waals surface area contributed by atoms with Crippen molar-refractivity contribution in [3.05, 3.63) is 34.6 Å². The molecule has 1 aromatic carbocycles. The molecule has 1 aliphatic heterocycles. The Morgan fingerprint density at radius 1 is 1.35 bits per heavy atom. The molecule has 114 valence electrons. The first-order valence-electron chi connectivity index (χ1n) is 7.12. The quantitative estimate of drug-likeness (QED) is 0.880. The summed E-state index contributed by atoms with van der Waals surface area (Å²) < 4.78 is 14.2. The van der Waals surface area contributed by atoms with Crippen molar-refractivity contribution < 1.29 is 4.39 Å². The zero-order valence-corrected chi connectivity index (χ0v) is 13.4. The summed E-state index contributed by atoms with van der Waals surface area (Å²) in [6.45, 7) is 6.01. The van der Waals surface area contributed by atoms with E-state index in [0.717, 1.165) is 45.4 Å². The molecular formula is C15H23Cl2FN2. The van der Waals surface area contributed by atoms with E-state index in [9.17, 15) is 4.39 Å². The van der Waals surface area contributed by atoms with E-state index in [1.807, 2.05) is 0 Å². The second kappa shape index (κ2) is 8.83. The van der Waals surface area contributed by atoms with E-state index in [1.165, 1.54) is 6.07 Å². The van der Waals surface area contributed by atoms with Gasteiger partial charge in [0, 0.05) is 42.8 Å². The summed E-state index contributed by atoms with van der Waals surface area (Å²) in [5, 5.41) is 3.89. The molecule has 0 bridgehead atoms. The minimum absolute atomic E-state index is 0. The summed E-state index contributed by atoms with van der Waals surface area (Å²) in [7, 11) is 0. The van der Waals surface area contributed by atoms with E-state index in [4.69, 9.17) is 11.6 Å². The van der Waals surface area contributed by atoms with Gasteiger partial charge in [-0.15, -0.1) is 12.4 Å². The molecule has 1 fully saturated rings. The van der Waals surface area contributed by atoms with Crippen molar-refractivity contribution in [2.45, 2.75) is 32.2 Å². The van der Waals surface area contributed by atoms with E-state index in [2.05, 4.69) is 17.1 Å². The van der Waals surface area contributed by atoms with Crippen LogP contribution in [0.2, 0.25) is 5.02 Å². The van der Waals surface area contributed by atoms with Crippen LogP contribution in [0, 0.1) is 5.82 Å². The highest BCUT2D eigenvalue weighted by atomic mass is 35.5. The Kier molecular flexibility index (Phi) is 7.82. The molecule has 0 spiro atoms. The number of piperazine rings is 1. The van der Waals surface area contributed by atoms with Crippen molar-refractivity contribution in [2.75, 3.05) is 26.2 Å². The SMILES string of the molecule is CCCC[C@@H](c1c(F)cccc1Cl)N1CCNCC1.Cl. The summed E-state index contributed by atoms with van der Waals surface area (Å²) in [4.78, 5) is 2.36. The Labute approximate surface area is 132 Å². The standard InChI is InChI=1S/C15H22ClFN2.ClH/c1-2-3-7-14(19-10-8-18-9-11-19)15-12(16)5-4-6-13(15)17;/h4-6,14,18H,2-3,7-11H2,1H3;1H/t14-;/m0./s1. The van der Waals surface area contributed by atoms with Crippen LogP contribution in [0.15, 0.2) is 18.2 Å². The Balaban J connectivity index is 0.00000200. The van der Waals surface area contributed by atoms with Crippen LogP contribution in [0.3, 0.4) is 0 Å². The van der Waals surface area contributed by atoms with Crippen LogP contribution < -0.4 is 5.32 Å². The first-order chi connectivity index (χ1) is 9.24. The number of rotatable bonds is 5. The largest absolute Gasteiger partial charge is 0.314 e. The molecule has 0 unspecified atom stereocenters. The minimum atomic E-state index is -0.174. The van der Waals surface area contributed by atoms with Crippen molar-refractivity contribution in [2.24, 2.45) is 0 Å². The van der Waals surface area contributed by atoms with Crippen molar-refractivity contribution in [1.82, 2.24) is 10.2 Å². The van der Waals surface area contributed by atoms with Gasteiger partial charge in [-0.2, -0.15) is 0 Å². The monoisotopic (exact) mass is 320 g/mol. The highest BCUT2D eigenvalue weighted by molar-refractivity contribution is 6.31. The number of unbranched alkanes of at least 4 members (excludes halogenated alkanes) is 1. The fourth-order valence-corrected chi connectivity index (χ4v) is 3.02. The third kappa shape index (κ3) is 4.32. The van der Waals surface area contributed by atoms with Gasteiger partial charge in [-0.3, -0.25) is 4.90 Å². The average Bonchev–Trinajstić information content (AvgIpc) is 2.43. The lowest BCUT2D eigenvalue weighted by atomic mass is 9.98. The van der Waals surface area contributed by atoms with Crippen molar-refractivity contribution in [3.63, 3.8) is 0 Å². The first kappa shape index (κ1) is 17.7. The molecule has 0 saturated carbocycles. The second-order valence-corrected chi connectivity index (χ2v) is 5.49. The number of hydrogen-bond donors (Lipinski definition) is 1. The van der Waals surface area contributed by atoms with Crippen LogP contribution >= 0.6 is 24.0 Å². The minimum Gasteiger partial charge on any atom is -0.314 e. The average molecular weight is 321 g/mol. The molecule has 1 heterocycles. The van der Waals surface area contributed by atoms with Crippen molar-refractivity contribution >= 4 is 24.0 Å². The fraction of sp³-hybridized carbons (Fsp3) is 0.600. The number of hydrogen-bond acceptors (Lipinski definition) is 2. The highest BCUT2D eigenvalue weighted by Gasteiger charge is 2.25. The van der Waals surface area contributed by atoms with E-state index in [1.54, 1.807) is 12.1 Å². The van der Waals surface area contributed by atoms with Crippen molar-refractivity contribution in [1.29, 1.82) is 0 Å². The normalized spacial score (nSPS) is 17.6. The molecule has 2 nitrogen and oxygen atoms in total. The molecule has 1 aliphatic rings. The van der Waals surface area contributed by atoms with Crippen LogP contribution in [0.25, 0.3) is 0 Å². The molecule has 0 aliphatic carbocycles. The second-order valence-electron chi connectivity index (χ2n) is 5.08. The molecule has 0 aromatic heterocycles. The maximum Gasteiger partial charge on any atom is 0.129 e. The summed E-state index contributed by atoms with van der Waals surface area (Å²) >= 11 is 6.24. The van der Waals surface area contributed by atoms with Crippen LogP contribution in [-0.2, 0) is 0 Å². The summed E-state index contributed by atoms with van der Waals surface area (Å²) in [5.74, 6) is -0.174. The predicted molar refractivity (Wildman–Crippen MR) is 85.4 cm³/mol. The lowest BCUT2D eigenvalue weighted by Crippen LogP contribution is -2.45. The van der Waals surface area contributed by atoms with Crippen LogP contribution in [-0.4, -0.2) is 31.1 Å². The third-order valence-corrected chi connectivity index (χ3v) is 4.09. The summed E-state index contributed by atoms with van der Waals surface area (Å²) in [6, 6.07) is 5.09. The third-order valence-electron chi connectivity index (χ3n) is 3.76. The predicted octanol–water partition coefficient (Wildman–Crippen LogP) is 4.04. The smallest absolute Gasteiger partial charge is 0.129 e. The maximum absolute atomic E-state index is 14.2. The van der Waals surface area contributed by atoms with Gasteiger partial charge in [-0.05, 0) is 18.6 Å². The zero-order chi connectivity index (χ0) is 13.7. The van der Waals surface area contributed by atoms with Gasteiger partial charge in [0.05, 0.1) is 0 Å². The van der Waals surface area contributed by atoms with E-state index in [-0.39, 0.29) is 24.3 Å². The summed E-state index contributed by atoms with van der Waals surface area (Å²) in [5.41, 5.74) is 0.680. The Bertz CT molecular complexity index is 389. The maximum atomic E-state index is 14.2. The Morgan fingerprint density at radius 2 is 2.05 bits per heavy atom. The summed E-state index contributed by atoms with van der Waals surface area (Å²) in [6.07, 6.45) is 3.19. The number of halogens is 3. The first-order valence-corrected chi connectivity index (χ1v) is 7.50. The van der Waals surface area contributed by atoms with Crippen molar-refractivity contribution in [3.8, 4) is 0 Å². The molecule has 0 radical (unpaired) electrons. The van der Waals surface area contributed by atoms with Gasteiger partial charge in [0.1, 0.15) is 5.82 Å². The molecule has 1 aromatic rings. The van der Waals surface area contributed by atoms with E-state index < -0.39 is 0 Å². The van der Waals surface area contributed by atoms with Gasteiger partial charge < -0.3 is 5.32 Å². The lowest BCUT2D eigenvalue weighted by Gasteiger charge is -2.35. The van der Waals surface area contributed by atoms with Crippen LogP contribution in [0.5, 0.6) is 0 Å². The van der Waals surface area contributed by atoms with Gasteiger partial charge in [-0.1, -0.05) is 37.4 Å². The van der Waals surface area contributed by atoms with Gasteiger partial charge >= 0.3 is 0 Å². The Hall–Kier alpha value is -0.350. The van der Waals surface area contributed by atoms with E-state index >= 15 is 0 Å². The van der Waals surface area contributed by atoms with Gasteiger partial charge in [0.15, 0.2) is 0 Å². The number of nitrogens with one attached hydrogen (secondary N) is 1. The number of benzene rings is 1. The topological polar surface area (TPSA) is 15.3 Å². The molecule has 0 amide bonds. The van der Waals surface area contributed by atoms with Gasteiger partial charge in [0.25, 0.3) is 0 Å². The molecule has 1 saturated heterocycles. The van der Waals surface area contributed by atoms with E-state index in [0.29, 0.717) is 10.6 Å². The molecule has 5 heteroatoms. The lowest BCUT2D eigenvalue weighted by molar-refractivity contribution is 0.160. The molecular weight excluding hydrogens is 298 g/mol. The van der Waals surface area contributed by atoms with Gasteiger partial charge in [0.2, 0.25) is 0 Å². The molecule has 1 atom stereocenters. The highest BCUT2D eigenvalue weighted by Crippen LogP contribution is 2.33. The number of nitrogens with zero attached hydrogens (tertiary/aromatic N) is 1.